The summed E-state index contributed by atoms with van der Waals surface area (Å²) in [5, 5.41) is 3.36. The average Bonchev–Trinajstić information content (AvgIpc) is 2.26. The fourth-order valence-electron chi connectivity index (χ4n) is 2.18. The van der Waals surface area contributed by atoms with Crippen LogP contribution < -0.4 is 5.32 Å². The molecule has 0 aliphatic carbocycles. The first kappa shape index (κ1) is 7.32. The molecule has 2 heterocycles. The molecular weight excluding hydrogens is 136 g/mol. The lowest BCUT2D eigenvalue weighted by atomic mass is 9.97. The first-order chi connectivity index (χ1) is 5.31. The number of fused-ring (bicyclic) bond motifs is 2. The molecule has 2 rings (SSSR count). The quantitative estimate of drug-likeness (QED) is 0.554. The van der Waals surface area contributed by atoms with E-state index in [2.05, 4.69) is 36.5 Å². The van der Waals surface area contributed by atoms with E-state index < -0.39 is 0 Å². The minimum absolute atomic E-state index is 0.700. The summed E-state index contributed by atoms with van der Waals surface area (Å²) in [5.41, 5.74) is 0. The first-order valence-corrected chi connectivity index (χ1v) is 4.39. The summed E-state index contributed by atoms with van der Waals surface area (Å²) in [6.45, 7) is 0. The lowest BCUT2D eigenvalue weighted by molar-refractivity contribution is 0.167. The lowest BCUT2D eigenvalue weighted by Crippen LogP contribution is -2.46. The van der Waals surface area contributed by atoms with Gasteiger partial charge in [0, 0.05) is 18.1 Å². The second-order valence-corrected chi connectivity index (χ2v) is 3.64. The zero-order chi connectivity index (χ0) is 7.84. The molecule has 1 unspecified atom stereocenters. The van der Waals surface area contributed by atoms with Gasteiger partial charge < -0.3 is 5.32 Å². The van der Waals surface area contributed by atoms with Gasteiger partial charge in [0.25, 0.3) is 0 Å². The highest BCUT2D eigenvalue weighted by Gasteiger charge is 2.33. The molecule has 1 fully saturated rings. The number of hydrogen-bond donors (Lipinski definition) is 1. The molecule has 2 bridgehead atoms. The minimum Gasteiger partial charge on any atom is -0.317 e. The normalized spacial score (nSPS) is 43.3. The number of rotatable bonds is 1. The van der Waals surface area contributed by atoms with Crippen LogP contribution in [0.5, 0.6) is 0 Å². The minimum atomic E-state index is 0.700. The van der Waals surface area contributed by atoms with Crippen molar-refractivity contribution in [3.63, 3.8) is 0 Å². The molecule has 0 radical (unpaired) electrons. The van der Waals surface area contributed by atoms with Crippen molar-refractivity contribution in [2.24, 2.45) is 0 Å². The molecule has 62 valence electrons. The van der Waals surface area contributed by atoms with Crippen molar-refractivity contribution in [2.45, 2.75) is 31.0 Å². The summed E-state index contributed by atoms with van der Waals surface area (Å²) < 4.78 is 0. The van der Waals surface area contributed by atoms with Gasteiger partial charge in [0.2, 0.25) is 0 Å². The Hall–Kier alpha value is -0.340. The predicted octanol–water partition coefficient (Wildman–Crippen LogP) is 0.607. The number of hydrogen-bond acceptors (Lipinski definition) is 2. The Morgan fingerprint density at radius 1 is 1.27 bits per heavy atom. The van der Waals surface area contributed by atoms with Crippen LogP contribution in [0.2, 0.25) is 0 Å². The smallest absolute Gasteiger partial charge is 0.0296 e. The molecule has 0 saturated carbocycles. The van der Waals surface area contributed by atoms with E-state index in [0.717, 1.165) is 6.04 Å². The van der Waals surface area contributed by atoms with Crippen LogP contribution in [-0.4, -0.2) is 37.1 Å². The van der Waals surface area contributed by atoms with Crippen LogP contribution in [0, 0.1) is 0 Å². The lowest BCUT2D eigenvalue weighted by Gasteiger charge is -2.36. The Kier molecular flexibility index (Phi) is 1.74. The topological polar surface area (TPSA) is 15.3 Å². The maximum Gasteiger partial charge on any atom is 0.0296 e. The van der Waals surface area contributed by atoms with Gasteiger partial charge in [0.15, 0.2) is 0 Å². The summed E-state index contributed by atoms with van der Waals surface area (Å²) in [6, 6.07) is 2.13. The van der Waals surface area contributed by atoms with Crippen LogP contribution in [0.25, 0.3) is 0 Å². The van der Waals surface area contributed by atoms with E-state index in [9.17, 15) is 0 Å². The summed E-state index contributed by atoms with van der Waals surface area (Å²) >= 11 is 0. The summed E-state index contributed by atoms with van der Waals surface area (Å²) in [5.74, 6) is 0. The molecule has 2 aliphatic rings. The van der Waals surface area contributed by atoms with E-state index >= 15 is 0 Å². The van der Waals surface area contributed by atoms with Crippen LogP contribution >= 0.6 is 0 Å². The van der Waals surface area contributed by atoms with Gasteiger partial charge in [-0.1, -0.05) is 12.2 Å². The molecule has 0 aromatic carbocycles. The van der Waals surface area contributed by atoms with Crippen molar-refractivity contribution in [1.82, 2.24) is 10.2 Å². The molecule has 11 heavy (non-hydrogen) atoms. The zero-order valence-corrected chi connectivity index (χ0v) is 7.25. The highest BCUT2D eigenvalue weighted by Crippen LogP contribution is 2.28. The van der Waals surface area contributed by atoms with Crippen molar-refractivity contribution < 1.29 is 0 Å². The predicted molar refractivity (Wildman–Crippen MR) is 46.6 cm³/mol. The second kappa shape index (κ2) is 2.61. The van der Waals surface area contributed by atoms with E-state index in [4.69, 9.17) is 0 Å². The van der Waals surface area contributed by atoms with E-state index in [0.29, 0.717) is 12.1 Å². The third-order valence-electron chi connectivity index (χ3n) is 3.06. The maximum atomic E-state index is 3.36. The van der Waals surface area contributed by atoms with E-state index in [1.54, 1.807) is 0 Å². The number of likely N-dealkylation sites (N-methyl/N-ethyl adjacent to an activating group) is 1. The molecule has 0 aromatic rings. The molecule has 3 atom stereocenters. The molecule has 2 heteroatoms. The van der Waals surface area contributed by atoms with Crippen molar-refractivity contribution in [1.29, 1.82) is 0 Å². The molecule has 0 aromatic heterocycles. The standard InChI is InChI=1S/C9H16N2/c1-10-7-5-8-3-4-9(6-7)11(8)2/h3-4,7-10H,5-6H2,1-2H3/t7?,8-,9+. The Morgan fingerprint density at radius 2 is 1.82 bits per heavy atom. The Labute approximate surface area is 68.3 Å². The monoisotopic (exact) mass is 152 g/mol. The molecule has 1 saturated heterocycles. The van der Waals surface area contributed by atoms with Gasteiger partial charge >= 0.3 is 0 Å². The van der Waals surface area contributed by atoms with Gasteiger partial charge in [0.1, 0.15) is 0 Å². The zero-order valence-electron chi connectivity index (χ0n) is 7.25. The fourth-order valence-corrected chi connectivity index (χ4v) is 2.18. The summed E-state index contributed by atoms with van der Waals surface area (Å²) in [4.78, 5) is 2.47. The molecule has 2 aliphatic heterocycles. The maximum absolute atomic E-state index is 3.36. The Morgan fingerprint density at radius 3 is 2.27 bits per heavy atom. The number of nitrogens with one attached hydrogen (secondary N) is 1. The SMILES string of the molecule is CNC1C[C@H]2C=C[C@@H](C1)N2C. The van der Waals surface area contributed by atoms with Crippen LogP contribution in [0.3, 0.4) is 0 Å². The van der Waals surface area contributed by atoms with Crippen molar-refractivity contribution >= 4 is 0 Å². The van der Waals surface area contributed by atoms with Gasteiger partial charge in [-0.2, -0.15) is 0 Å². The first-order valence-electron chi connectivity index (χ1n) is 4.39. The van der Waals surface area contributed by atoms with Gasteiger partial charge in [0.05, 0.1) is 0 Å². The van der Waals surface area contributed by atoms with E-state index in [-0.39, 0.29) is 0 Å². The second-order valence-electron chi connectivity index (χ2n) is 3.64. The van der Waals surface area contributed by atoms with Crippen molar-refractivity contribution in [2.75, 3.05) is 14.1 Å². The van der Waals surface area contributed by atoms with E-state index in [1.807, 2.05) is 0 Å². The molecule has 2 nitrogen and oxygen atoms in total. The van der Waals surface area contributed by atoms with Crippen LogP contribution in [0.15, 0.2) is 12.2 Å². The number of piperidine rings is 1. The van der Waals surface area contributed by atoms with Crippen molar-refractivity contribution in [3.05, 3.63) is 12.2 Å². The van der Waals surface area contributed by atoms with Crippen molar-refractivity contribution in [3.8, 4) is 0 Å². The third kappa shape index (κ3) is 1.10. The molecule has 0 spiro atoms. The third-order valence-corrected chi connectivity index (χ3v) is 3.06. The van der Waals surface area contributed by atoms with Gasteiger partial charge in [-0.3, -0.25) is 4.90 Å². The largest absolute Gasteiger partial charge is 0.317 e. The Bertz CT molecular complexity index is 160. The average molecular weight is 152 g/mol. The molecule has 0 amide bonds. The molecular formula is C9H16N2. The molecule has 1 N–H and O–H groups in total. The van der Waals surface area contributed by atoms with Crippen LogP contribution in [0.4, 0.5) is 0 Å². The van der Waals surface area contributed by atoms with Gasteiger partial charge in [-0.05, 0) is 26.9 Å². The number of nitrogens with zero attached hydrogens (tertiary/aromatic N) is 1. The summed E-state index contributed by atoms with van der Waals surface area (Å²) in [7, 11) is 4.29. The fraction of sp³-hybridized carbons (Fsp3) is 0.778. The summed E-state index contributed by atoms with van der Waals surface area (Å²) in [6.07, 6.45) is 7.25. The highest BCUT2D eigenvalue weighted by atomic mass is 15.2. The highest BCUT2D eigenvalue weighted by molar-refractivity contribution is 5.14. The van der Waals surface area contributed by atoms with Gasteiger partial charge in [-0.25, -0.2) is 0 Å². The van der Waals surface area contributed by atoms with Crippen LogP contribution in [0.1, 0.15) is 12.8 Å². The van der Waals surface area contributed by atoms with E-state index in [1.165, 1.54) is 12.8 Å². The van der Waals surface area contributed by atoms with Gasteiger partial charge in [-0.15, -0.1) is 0 Å². The Balaban J connectivity index is 2.06. The van der Waals surface area contributed by atoms with Crippen LogP contribution in [-0.2, 0) is 0 Å².